The first kappa shape index (κ1) is 10.4. The van der Waals surface area contributed by atoms with E-state index in [-0.39, 0.29) is 5.78 Å². The number of likely N-dealkylation sites (N-methyl/N-ethyl adjacent to an activating group) is 1. The van der Waals surface area contributed by atoms with Crippen molar-refractivity contribution >= 4 is 5.78 Å². The summed E-state index contributed by atoms with van der Waals surface area (Å²) in [7, 11) is 2.01. The number of carbonyl (C=O) groups excluding carboxylic acids is 1. The summed E-state index contributed by atoms with van der Waals surface area (Å²) in [6.07, 6.45) is 2.92. The number of hydrogen-bond donors (Lipinski definition) is 2. The molecule has 0 amide bonds. The molecule has 1 aliphatic rings. The highest BCUT2D eigenvalue weighted by molar-refractivity contribution is 5.95. The zero-order valence-electron chi connectivity index (χ0n) is 8.99. The van der Waals surface area contributed by atoms with E-state index in [0.717, 1.165) is 19.5 Å². The van der Waals surface area contributed by atoms with Gasteiger partial charge in [-0.05, 0) is 32.1 Å². The van der Waals surface area contributed by atoms with Gasteiger partial charge in [0.05, 0.1) is 12.2 Å². The van der Waals surface area contributed by atoms with Crippen LogP contribution in [0.4, 0.5) is 0 Å². The third-order valence-corrected chi connectivity index (χ3v) is 2.95. The molecule has 1 aromatic rings. The van der Waals surface area contributed by atoms with Gasteiger partial charge in [0, 0.05) is 18.8 Å². The molecule has 4 heteroatoms. The molecule has 1 aliphatic heterocycles. The van der Waals surface area contributed by atoms with E-state index in [1.165, 1.54) is 0 Å². The largest absolute Gasteiger partial charge is 0.359 e. The van der Waals surface area contributed by atoms with Crippen LogP contribution in [0.5, 0.6) is 0 Å². The van der Waals surface area contributed by atoms with Crippen LogP contribution in [0.15, 0.2) is 18.3 Å². The molecule has 0 aliphatic carbocycles. The summed E-state index contributed by atoms with van der Waals surface area (Å²) >= 11 is 0. The van der Waals surface area contributed by atoms with Crippen molar-refractivity contribution in [3.63, 3.8) is 0 Å². The Morgan fingerprint density at radius 2 is 2.53 bits per heavy atom. The Bertz CT molecular complexity index is 315. The zero-order valence-corrected chi connectivity index (χ0v) is 8.99. The maximum absolute atomic E-state index is 11.8. The Balaban J connectivity index is 1.88. The number of nitrogens with zero attached hydrogens (tertiary/aromatic N) is 1. The third kappa shape index (κ3) is 2.46. The highest BCUT2D eigenvalue weighted by Gasteiger charge is 2.21. The van der Waals surface area contributed by atoms with Crippen LogP contribution in [0, 0.1) is 0 Å². The molecule has 82 valence electrons. The standard InChI is InChI=1S/C11H17N3O/c1-14(9-4-6-12-7-9)8-11(15)10-3-2-5-13-10/h2-3,5,9,12-13H,4,6-8H2,1H3. The Hall–Kier alpha value is -1.13. The van der Waals surface area contributed by atoms with Crippen molar-refractivity contribution in [3.8, 4) is 0 Å². The van der Waals surface area contributed by atoms with Crippen LogP contribution < -0.4 is 5.32 Å². The number of ketones is 1. The van der Waals surface area contributed by atoms with E-state index in [9.17, 15) is 4.79 Å². The SMILES string of the molecule is CN(CC(=O)c1ccc[nH]1)C1CCNC1. The maximum Gasteiger partial charge on any atom is 0.192 e. The lowest BCUT2D eigenvalue weighted by Gasteiger charge is -2.22. The summed E-state index contributed by atoms with van der Waals surface area (Å²) in [5.74, 6) is 0.161. The van der Waals surface area contributed by atoms with Gasteiger partial charge in [-0.15, -0.1) is 0 Å². The molecule has 1 saturated heterocycles. The molecule has 0 bridgehead atoms. The molecule has 0 saturated carbocycles. The minimum atomic E-state index is 0.161. The molecule has 2 N–H and O–H groups in total. The molecule has 0 spiro atoms. The van der Waals surface area contributed by atoms with Crippen LogP contribution in [0.2, 0.25) is 0 Å². The first-order chi connectivity index (χ1) is 7.27. The summed E-state index contributed by atoms with van der Waals surface area (Å²) < 4.78 is 0. The van der Waals surface area contributed by atoms with E-state index in [1.54, 1.807) is 6.20 Å². The first-order valence-electron chi connectivity index (χ1n) is 5.35. The molecule has 1 atom stereocenters. The van der Waals surface area contributed by atoms with Crippen LogP contribution in [-0.2, 0) is 0 Å². The Labute approximate surface area is 89.7 Å². The molecule has 2 heterocycles. The van der Waals surface area contributed by atoms with Crippen LogP contribution in [0.3, 0.4) is 0 Å². The molecule has 0 aromatic carbocycles. The number of rotatable bonds is 4. The second-order valence-electron chi connectivity index (χ2n) is 4.07. The van der Waals surface area contributed by atoms with E-state index in [2.05, 4.69) is 15.2 Å². The van der Waals surface area contributed by atoms with Gasteiger partial charge in [-0.25, -0.2) is 0 Å². The monoisotopic (exact) mass is 207 g/mol. The molecule has 4 nitrogen and oxygen atoms in total. The van der Waals surface area contributed by atoms with Crippen LogP contribution in [0.25, 0.3) is 0 Å². The highest BCUT2D eigenvalue weighted by Crippen LogP contribution is 2.07. The predicted molar refractivity (Wildman–Crippen MR) is 59.0 cm³/mol. The van der Waals surface area contributed by atoms with E-state index < -0.39 is 0 Å². The summed E-state index contributed by atoms with van der Waals surface area (Å²) in [5, 5.41) is 3.30. The normalized spacial score (nSPS) is 21.1. The first-order valence-corrected chi connectivity index (χ1v) is 5.35. The van der Waals surface area contributed by atoms with Crippen molar-refractivity contribution in [1.29, 1.82) is 0 Å². The van der Waals surface area contributed by atoms with Gasteiger partial charge in [0.25, 0.3) is 0 Å². The number of Topliss-reactive ketones (excluding diaryl/α,β-unsaturated/α-hetero) is 1. The van der Waals surface area contributed by atoms with Gasteiger partial charge in [-0.1, -0.05) is 0 Å². The van der Waals surface area contributed by atoms with E-state index in [4.69, 9.17) is 0 Å². The Kier molecular flexibility index (Phi) is 3.18. The van der Waals surface area contributed by atoms with Crippen molar-refractivity contribution in [2.75, 3.05) is 26.7 Å². The van der Waals surface area contributed by atoms with Crippen molar-refractivity contribution in [3.05, 3.63) is 24.0 Å². The lowest BCUT2D eigenvalue weighted by molar-refractivity contribution is 0.0920. The minimum Gasteiger partial charge on any atom is -0.359 e. The van der Waals surface area contributed by atoms with Crippen LogP contribution in [0.1, 0.15) is 16.9 Å². The van der Waals surface area contributed by atoms with Crippen LogP contribution in [-0.4, -0.2) is 48.4 Å². The zero-order chi connectivity index (χ0) is 10.7. The highest BCUT2D eigenvalue weighted by atomic mass is 16.1. The fraction of sp³-hybridized carbons (Fsp3) is 0.545. The Morgan fingerprint density at radius 1 is 1.67 bits per heavy atom. The average molecular weight is 207 g/mol. The van der Waals surface area contributed by atoms with Crippen molar-refractivity contribution < 1.29 is 4.79 Å². The van der Waals surface area contributed by atoms with Gasteiger partial charge in [0.2, 0.25) is 0 Å². The smallest absolute Gasteiger partial charge is 0.192 e. The number of nitrogens with one attached hydrogen (secondary N) is 2. The molecule has 1 unspecified atom stereocenters. The third-order valence-electron chi connectivity index (χ3n) is 2.95. The Morgan fingerprint density at radius 3 is 3.13 bits per heavy atom. The topological polar surface area (TPSA) is 48.1 Å². The molecule has 1 aromatic heterocycles. The lowest BCUT2D eigenvalue weighted by Crippen LogP contribution is -2.37. The number of aromatic amines is 1. The number of H-pyrrole nitrogens is 1. The maximum atomic E-state index is 11.8. The molecule has 15 heavy (non-hydrogen) atoms. The van der Waals surface area contributed by atoms with Gasteiger partial charge in [-0.2, -0.15) is 0 Å². The number of carbonyl (C=O) groups is 1. The summed E-state index contributed by atoms with van der Waals surface area (Å²) in [6, 6.07) is 4.18. The van der Waals surface area contributed by atoms with Crippen LogP contribution >= 0.6 is 0 Å². The van der Waals surface area contributed by atoms with Crippen molar-refractivity contribution in [1.82, 2.24) is 15.2 Å². The molecule has 1 fully saturated rings. The molecular formula is C11H17N3O. The lowest BCUT2D eigenvalue weighted by atomic mass is 10.2. The van der Waals surface area contributed by atoms with E-state index in [1.807, 2.05) is 19.2 Å². The summed E-state index contributed by atoms with van der Waals surface area (Å²) in [4.78, 5) is 16.8. The fourth-order valence-electron chi connectivity index (χ4n) is 1.96. The number of hydrogen-bond acceptors (Lipinski definition) is 3. The van der Waals surface area contributed by atoms with Gasteiger partial charge < -0.3 is 10.3 Å². The molecule has 0 radical (unpaired) electrons. The van der Waals surface area contributed by atoms with Gasteiger partial charge >= 0.3 is 0 Å². The van der Waals surface area contributed by atoms with Gasteiger partial charge in [0.15, 0.2) is 5.78 Å². The predicted octanol–water partition coefficient (Wildman–Crippen LogP) is 0.491. The number of aromatic nitrogens is 1. The molecule has 2 rings (SSSR count). The minimum absolute atomic E-state index is 0.161. The van der Waals surface area contributed by atoms with E-state index in [0.29, 0.717) is 18.3 Å². The van der Waals surface area contributed by atoms with Crippen molar-refractivity contribution in [2.45, 2.75) is 12.5 Å². The summed E-state index contributed by atoms with van der Waals surface area (Å²) in [6.45, 7) is 2.55. The van der Waals surface area contributed by atoms with Gasteiger partial charge in [0.1, 0.15) is 0 Å². The second kappa shape index (κ2) is 4.59. The fourth-order valence-corrected chi connectivity index (χ4v) is 1.96. The quantitative estimate of drug-likeness (QED) is 0.706. The second-order valence-corrected chi connectivity index (χ2v) is 4.07. The molecular weight excluding hydrogens is 190 g/mol. The van der Waals surface area contributed by atoms with E-state index >= 15 is 0 Å². The van der Waals surface area contributed by atoms with Gasteiger partial charge in [-0.3, -0.25) is 9.69 Å². The van der Waals surface area contributed by atoms with Crippen molar-refractivity contribution in [2.24, 2.45) is 0 Å². The summed E-state index contributed by atoms with van der Waals surface area (Å²) in [5.41, 5.74) is 0.702. The average Bonchev–Trinajstić information content (AvgIpc) is 2.91.